The topological polar surface area (TPSA) is 25.8 Å². The zero-order valence-electron chi connectivity index (χ0n) is 14.3. The van der Waals surface area contributed by atoms with Crippen LogP contribution in [-0.4, -0.2) is 9.97 Å². The number of aryl methyl sites for hydroxylation is 2. The number of benzene rings is 1. The van der Waals surface area contributed by atoms with Crippen LogP contribution in [0.4, 0.5) is 0 Å². The van der Waals surface area contributed by atoms with Gasteiger partial charge in [-0.2, -0.15) is 0 Å². The minimum absolute atomic E-state index is 0.597. The highest BCUT2D eigenvalue weighted by atomic mass is 14.8. The van der Waals surface area contributed by atoms with Gasteiger partial charge in [0.15, 0.2) is 0 Å². The van der Waals surface area contributed by atoms with E-state index >= 15 is 0 Å². The molecule has 120 valence electrons. The lowest BCUT2D eigenvalue weighted by Crippen LogP contribution is -1.93. The maximum Gasteiger partial charge on any atom is 0.205 e. The Morgan fingerprint density at radius 2 is 1.39 bits per heavy atom. The minimum Gasteiger partial charge on any atom is -0.229 e. The molecule has 0 saturated heterocycles. The van der Waals surface area contributed by atoms with Crippen molar-refractivity contribution < 1.29 is 0 Å². The fourth-order valence-electron chi connectivity index (χ4n) is 2.39. The van der Waals surface area contributed by atoms with Crippen molar-refractivity contribution in [1.82, 2.24) is 9.97 Å². The largest absolute Gasteiger partial charge is 0.229 e. The van der Waals surface area contributed by atoms with E-state index in [2.05, 4.69) is 59.9 Å². The molecule has 2 heteroatoms. The average molecular weight is 306 g/mol. The molecule has 2 aromatic rings. The van der Waals surface area contributed by atoms with Crippen LogP contribution in [0.3, 0.4) is 0 Å². The van der Waals surface area contributed by atoms with Gasteiger partial charge in [0.1, 0.15) is 0 Å². The van der Waals surface area contributed by atoms with Crippen molar-refractivity contribution in [3.8, 4) is 11.8 Å². The van der Waals surface area contributed by atoms with Gasteiger partial charge in [0.25, 0.3) is 0 Å². The van der Waals surface area contributed by atoms with Crippen LogP contribution in [0.15, 0.2) is 36.7 Å². The maximum atomic E-state index is 4.35. The molecule has 23 heavy (non-hydrogen) atoms. The second-order valence-electron chi connectivity index (χ2n) is 5.92. The Bertz CT molecular complexity index is 630. The fourth-order valence-corrected chi connectivity index (χ4v) is 2.39. The van der Waals surface area contributed by atoms with Gasteiger partial charge in [-0.15, -0.1) is 0 Å². The Labute approximate surface area is 140 Å². The molecular weight excluding hydrogens is 280 g/mol. The number of nitrogens with zero attached hydrogens (tertiary/aromatic N) is 2. The monoisotopic (exact) mass is 306 g/mol. The van der Waals surface area contributed by atoms with E-state index in [-0.39, 0.29) is 0 Å². The number of rotatable bonds is 7. The first-order valence-electron chi connectivity index (χ1n) is 8.73. The molecule has 0 unspecified atom stereocenters. The van der Waals surface area contributed by atoms with Crippen molar-refractivity contribution in [3.63, 3.8) is 0 Å². The van der Waals surface area contributed by atoms with Crippen molar-refractivity contribution >= 4 is 0 Å². The molecule has 2 rings (SSSR count). The summed E-state index contributed by atoms with van der Waals surface area (Å²) in [7, 11) is 0. The average Bonchev–Trinajstić information content (AvgIpc) is 2.60. The first-order valence-corrected chi connectivity index (χ1v) is 8.73. The van der Waals surface area contributed by atoms with Crippen molar-refractivity contribution in [1.29, 1.82) is 0 Å². The first kappa shape index (κ1) is 17.2. The van der Waals surface area contributed by atoms with Crippen LogP contribution in [0.25, 0.3) is 0 Å². The van der Waals surface area contributed by atoms with Gasteiger partial charge in [-0.1, -0.05) is 51.2 Å². The fraction of sp³-hybridized carbons (Fsp3) is 0.429. The Morgan fingerprint density at radius 3 is 2.04 bits per heavy atom. The SMILES string of the molecule is CCCCCc1cnc(C#Cc2ccc(CCCC)cc2)nc1. The van der Waals surface area contributed by atoms with E-state index in [9.17, 15) is 0 Å². The third-order valence-electron chi connectivity index (χ3n) is 3.87. The van der Waals surface area contributed by atoms with E-state index in [1.165, 1.54) is 43.2 Å². The lowest BCUT2D eigenvalue weighted by molar-refractivity contribution is 0.713. The zero-order chi connectivity index (χ0) is 16.3. The van der Waals surface area contributed by atoms with E-state index in [0.29, 0.717) is 5.82 Å². The smallest absolute Gasteiger partial charge is 0.205 e. The summed E-state index contributed by atoms with van der Waals surface area (Å²) >= 11 is 0. The summed E-state index contributed by atoms with van der Waals surface area (Å²) in [6.45, 7) is 4.43. The van der Waals surface area contributed by atoms with Gasteiger partial charge < -0.3 is 0 Å². The molecule has 0 fully saturated rings. The van der Waals surface area contributed by atoms with Gasteiger partial charge in [-0.25, -0.2) is 9.97 Å². The predicted octanol–water partition coefficient (Wildman–Crippen LogP) is 4.95. The lowest BCUT2D eigenvalue weighted by Gasteiger charge is -1.99. The van der Waals surface area contributed by atoms with Gasteiger partial charge >= 0.3 is 0 Å². The summed E-state index contributed by atoms with van der Waals surface area (Å²) in [5.74, 6) is 6.78. The summed E-state index contributed by atoms with van der Waals surface area (Å²) in [5, 5.41) is 0. The molecule has 0 aliphatic rings. The molecule has 1 aromatic heterocycles. The van der Waals surface area contributed by atoms with Gasteiger partial charge in [-0.3, -0.25) is 0 Å². The van der Waals surface area contributed by atoms with Gasteiger partial charge in [-0.05, 0) is 54.9 Å². The van der Waals surface area contributed by atoms with E-state index in [1.807, 2.05) is 12.4 Å². The number of hydrogen-bond acceptors (Lipinski definition) is 2. The van der Waals surface area contributed by atoms with Gasteiger partial charge in [0.05, 0.1) is 0 Å². The molecule has 0 spiro atoms. The Hall–Kier alpha value is -2.14. The summed E-state index contributed by atoms with van der Waals surface area (Å²) in [5.41, 5.74) is 3.59. The number of hydrogen-bond donors (Lipinski definition) is 0. The maximum absolute atomic E-state index is 4.35. The van der Waals surface area contributed by atoms with Crippen LogP contribution in [-0.2, 0) is 12.8 Å². The van der Waals surface area contributed by atoms with Crippen LogP contribution in [0.5, 0.6) is 0 Å². The molecule has 0 atom stereocenters. The van der Waals surface area contributed by atoms with E-state index in [0.717, 1.165) is 18.4 Å². The third kappa shape index (κ3) is 6.24. The molecule has 0 bridgehead atoms. The highest BCUT2D eigenvalue weighted by molar-refractivity contribution is 5.39. The van der Waals surface area contributed by atoms with E-state index < -0.39 is 0 Å². The Balaban J connectivity index is 1.93. The van der Waals surface area contributed by atoms with Crippen molar-refractivity contribution in [2.45, 2.75) is 58.8 Å². The standard InChI is InChI=1S/C21H26N2/c1-3-5-7-9-20-16-22-21(23-17-20)15-14-19-12-10-18(11-13-19)8-6-4-2/h10-13,16-17H,3-9H2,1-2H3. The Kier molecular flexibility index (Phi) is 7.33. The second-order valence-corrected chi connectivity index (χ2v) is 5.92. The molecule has 1 aromatic carbocycles. The molecule has 0 amide bonds. The third-order valence-corrected chi connectivity index (χ3v) is 3.87. The van der Waals surface area contributed by atoms with E-state index in [4.69, 9.17) is 0 Å². The summed E-state index contributed by atoms with van der Waals surface area (Å²) in [6, 6.07) is 8.49. The van der Waals surface area contributed by atoms with Crippen LogP contribution in [0.1, 0.15) is 68.5 Å². The molecular formula is C21H26N2. The summed E-state index contributed by atoms with van der Waals surface area (Å²) in [6.07, 6.45) is 12.2. The van der Waals surface area contributed by atoms with Crippen LogP contribution < -0.4 is 0 Å². The molecule has 0 aliphatic heterocycles. The minimum atomic E-state index is 0.597. The first-order chi connectivity index (χ1) is 11.3. The van der Waals surface area contributed by atoms with Gasteiger partial charge in [0, 0.05) is 18.0 Å². The quantitative estimate of drug-likeness (QED) is 0.534. The van der Waals surface area contributed by atoms with Crippen LogP contribution in [0, 0.1) is 11.8 Å². The normalized spacial score (nSPS) is 10.2. The molecule has 1 heterocycles. The molecule has 0 N–H and O–H groups in total. The van der Waals surface area contributed by atoms with Crippen molar-refractivity contribution in [2.24, 2.45) is 0 Å². The summed E-state index contributed by atoms with van der Waals surface area (Å²) < 4.78 is 0. The number of aromatic nitrogens is 2. The van der Waals surface area contributed by atoms with Gasteiger partial charge in [0.2, 0.25) is 5.82 Å². The highest BCUT2D eigenvalue weighted by Gasteiger charge is 1.96. The molecule has 0 saturated carbocycles. The van der Waals surface area contributed by atoms with Crippen LogP contribution in [0.2, 0.25) is 0 Å². The summed E-state index contributed by atoms with van der Waals surface area (Å²) in [4.78, 5) is 8.69. The second kappa shape index (κ2) is 9.79. The van der Waals surface area contributed by atoms with Crippen molar-refractivity contribution in [3.05, 3.63) is 59.2 Å². The molecule has 0 radical (unpaired) electrons. The molecule has 0 aliphatic carbocycles. The lowest BCUT2D eigenvalue weighted by atomic mass is 10.1. The van der Waals surface area contributed by atoms with Crippen molar-refractivity contribution in [2.75, 3.05) is 0 Å². The number of unbranched alkanes of at least 4 members (excludes halogenated alkanes) is 3. The van der Waals surface area contributed by atoms with E-state index in [1.54, 1.807) is 0 Å². The molecule has 2 nitrogen and oxygen atoms in total. The Morgan fingerprint density at radius 1 is 0.739 bits per heavy atom. The van der Waals surface area contributed by atoms with Crippen LogP contribution >= 0.6 is 0 Å². The predicted molar refractivity (Wildman–Crippen MR) is 96.3 cm³/mol. The zero-order valence-corrected chi connectivity index (χ0v) is 14.3. The highest BCUT2D eigenvalue weighted by Crippen LogP contribution is 2.07.